The number of amides is 1. The number of anilines is 1. The minimum absolute atomic E-state index is 0.0593. The van der Waals surface area contributed by atoms with E-state index in [1.807, 2.05) is 52.0 Å². The zero-order chi connectivity index (χ0) is 27.2. The smallest absolute Gasteiger partial charge is 0.465 e. The summed E-state index contributed by atoms with van der Waals surface area (Å²) in [6.07, 6.45) is -0.614. The van der Waals surface area contributed by atoms with Crippen molar-refractivity contribution in [2.45, 2.75) is 51.7 Å². The first-order valence-corrected chi connectivity index (χ1v) is 12.7. The average Bonchev–Trinajstić information content (AvgIpc) is 3.32. The highest BCUT2D eigenvalue weighted by Crippen LogP contribution is 2.44. The minimum Gasteiger partial charge on any atom is -0.465 e. The lowest BCUT2D eigenvalue weighted by molar-refractivity contribution is 0.00578. The van der Waals surface area contributed by atoms with Gasteiger partial charge in [-0.2, -0.15) is 0 Å². The minimum atomic E-state index is -0.716. The Balaban J connectivity index is 1.38. The van der Waals surface area contributed by atoms with E-state index in [4.69, 9.17) is 18.8 Å². The summed E-state index contributed by atoms with van der Waals surface area (Å²) in [5.74, 6) is -0.576. The van der Waals surface area contributed by atoms with Crippen LogP contribution >= 0.6 is 0 Å². The number of fused-ring (bicyclic) bond motifs is 3. The van der Waals surface area contributed by atoms with Gasteiger partial charge in [-0.15, -0.1) is 0 Å². The fourth-order valence-electron chi connectivity index (χ4n) is 5.05. The second-order valence-corrected chi connectivity index (χ2v) is 10.8. The third kappa shape index (κ3) is 4.48. The van der Waals surface area contributed by atoms with Gasteiger partial charge < -0.3 is 18.8 Å². The van der Waals surface area contributed by atoms with Crippen LogP contribution < -0.4 is 10.8 Å². The summed E-state index contributed by atoms with van der Waals surface area (Å²) in [5.41, 5.74) is 5.36. The van der Waals surface area contributed by atoms with E-state index in [0.717, 1.165) is 22.3 Å². The Morgan fingerprint density at radius 1 is 0.921 bits per heavy atom. The Labute approximate surface area is 223 Å². The Hall–Kier alpha value is -3.62. The quantitative estimate of drug-likeness (QED) is 0.361. The predicted octanol–water partition coefficient (Wildman–Crippen LogP) is 5.44. The second-order valence-electron chi connectivity index (χ2n) is 10.8. The molecule has 0 saturated carbocycles. The first-order valence-electron chi connectivity index (χ1n) is 12.7. The molecule has 1 aliphatic carbocycles. The van der Waals surface area contributed by atoms with E-state index in [2.05, 4.69) is 29.6 Å². The van der Waals surface area contributed by atoms with Gasteiger partial charge in [0, 0.05) is 11.6 Å². The third-order valence-electron chi connectivity index (χ3n) is 7.94. The summed E-state index contributed by atoms with van der Waals surface area (Å²) < 4.78 is 23.1. The van der Waals surface area contributed by atoms with Gasteiger partial charge in [0.1, 0.15) is 6.61 Å². The lowest BCUT2D eigenvalue weighted by Gasteiger charge is -2.32. The molecule has 0 atom stereocenters. The Morgan fingerprint density at radius 2 is 1.47 bits per heavy atom. The van der Waals surface area contributed by atoms with Crippen molar-refractivity contribution < 1.29 is 28.4 Å². The third-order valence-corrected chi connectivity index (χ3v) is 7.94. The summed E-state index contributed by atoms with van der Waals surface area (Å²) in [7, 11) is 0.606. The zero-order valence-electron chi connectivity index (χ0n) is 22.6. The largest absolute Gasteiger partial charge is 0.494 e. The highest BCUT2D eigenvalue weighted by molar-refractivity contribution is 6.62. The number of esters is 1. The molecule has 2 aliphatic rings. The van der Waals surface area contributed by atoms with Gasteiger partial charge in [-0.1, -0.05) is 48.5 Å². The fraction of sp³-hybridized carbons (Fsp3) is 0.333. The number of hydrogen-bond donors (Lipinski definition) is 1. The lowest BCUT2D eigenvalue weighted by atomic mass is 9.77. The van der Waals surface area contributed by atoms with Crippen LogP contribution in [0.4, 0.5) is 10.5 Å². The van der Waals surface area contributed by atoms with Crippen molar-refractivity contribution in [1.29, 1.82) is 0 Å². The van der Waals surface area contributed by atoms with Crippen molar-refractivity contribution in [3.05, 3.63) is 82.9 Å². The highest BCUT2D eigenvalue weighted by Gasteiger charge is 2.52. The van der Waals surface area contributed by atoms with Gasteiger partial charge in [-0.3, -0.25) is 5.32 Å². The van der Waals surface area contributed by atoms with Gasteiger partial charge in [0.25, 0.3) is 0 Å². The summed E-state index contributed by atoms with van der Waals surface area (Å²) >= 11 is 0. The van der Waals surface area contributed by atoms with Crippen molar-refractivity contribution in [1.82, 2.24) is 0 Å². The maximum atomic E-state index is 13.0. The molecule has 5 rings (SSSR count). The molecule has 0 aromatic heterocycles. The predicted molar refractivity (Wildman–Crippen MR) is 147 cm³/mol. The molecular formula is C30H32BNO6. The lowest BCUT2D eigenvalue weighted by Crippen LogP contribution is -2.41. The van der Waals surface area contributed by atoms with Crippen LogP contribution in [0.3, 0.4) is 0 Å². The molecule has 1 fully saturated rings. The molecular weight excluding hydrogens is 481 g/mol. The highest BCUT2D eigenvalue weighted by atomic mass is 16.7. The number of carbonyl (C=O) groups excluding carboxylic acids is 2. The van der Waals surface area contributed by atoms with Crippen LogP contribution in [0.1, 0.15) is 60.7 Å². The number of ether oxygens (including phenoxy) is 2. The van der Waals surface area contributed by atoms with Crippen molar-refractivity contribution in [3.8, 4) is 11.1 Å². The first-order chi connectivity index (χ1) is 18.0. The van der Waals surface area contributed by atoms with E-state index in [1.54, 1.807) is 19.1 Å². The van der Waals surface area contributed by atoms with E-state index in [1.165, 1.54) is 7.11 Å². The van der Waals surface area contributed by atoms with Gasteiger partial charge in [0.15, 0.2) is 0 Å². The molecule has 8 heteroatoms. The van der Waals surface area contributed by atoms with Crippen LogP contribution in [0.2, 0.25) is 0 Å². The van der Waals surface area contributed by atoms with Gasteiger partial charge in [0.2, 0.25) is 0 Å². The Bertz CT molecular complexity index is 1350. The number of benzene rings is 3. The molecule has 1 heterocycles. The van der Waals surface area contributed by atoms with Gasteiger partial charge >= 0.3 is 19.2 Å². The molecule has 7 nitrogen and oxygen atoms in total. The van der Waals surface area contributed by atoms with Crippen LogP contribution in [0.5, 0.6) is 0 Å². The topological polar surface area (TPSA) is 83.1 Å². The molecule has 1 N–H and O–H groups in total. The van der Waals surface area contributed by atoms with Gasteiger partial charge in [-0.25, -0.2) is 9.59 Å². The van der Waals surface area contributed by atoms with Crippen molar-refractivity contribution in [2.75, 3.05) is 19.0 Å². The van der Waals surface area contributed by atoms with Crippen LogP contribution in [-0.4, -0.2) is 44.1 Å². The maximum Gasteiger partial charge on any atom is 0.494 e. The molecule has 3 aromatic rings. The second kappa shape index (κ2) is 9.60. The normalized spacial score (nSPS) is 17.1. The van der Waals surface area contributed by atoms with E-state index in [-0.39, 0.29) is 12.5 Å². The van der Waals surface area contributed by atoms with E-state index in [9.17, 15) is 9.59 Å². The molecule has 38 heavy (non-hydrogen) atoms. The molecule has 3 aromatic carbocycles. The number of nitrogens with one attached hydrogen (secondary N) is 1. The van der Waals surface area contributed by atoms with E-state index in [0.29, 0.717) is 22.3 Å². The summed E-state index contributed by atoms with van der Waals surface area (Å²) in [6, 6.07) is 19.8. The molecule has 0 spiro atoms. The Kier molecular flexibility index (Phi) is 6.57. The molecule has 1 amide bonds. The fourth-order valence-corrected chi connectivity index (χ4v) is 5.05. The van der Waals surface area contributed by atoms with Crippen LogP contribution in [0, 0.1) is 6.92 Å². The monoisotopic (exact) mass is 513 g/mol. The molecule has 0 unspecified atom stereocenters. The summed E-state index contributed by atoms with van der Waals surface area (Å²) in [4.78, 5) is 25.6. The summed E-state index contributed by atoms with van der Waals surface area (Å²) in [6.45, 7) is 9.76. The van der Waals surface area contributed by atoms with Crippen LogP contribution in [0.15, 0.2) is 60.7 Å². The van der Waals surface area contributed by atoms with Crippen molar-refractivity contribution >= 4 is 30.3 Å². The first kappa shape index (κ1) is 26.0. The number of carbonyl (C=O) groups is 2. The molecule has 196 valence electrons. The standard InChI is InChI=1S/C30H32BNO6/c1-18-24(27(33)35-6)15-19(31-37-29(2,3)30(4,5)38-31)16-26(18)32-28(34)36-17-25-22-13-9-7-11-20(22)21-12-8-10-14-23(21)25/h7-16,25H,17H2,1-6H3,(H,32,34). The van der Waals surface area contributed by atoms with Crippen molar-refractivity contribution in [2.24, 2.45) is 0 Å². The van der Waals surface area contributed by atoms with Gasteiger partial charge in [-0.05, 0) is 80.0 Å². The number of hydrogen-bond acceptors (Lipinski definition) is 6. The molecule has 0 bridgehead atoms. The average molecular weight is 513 g/mol. The summed E-state index contributed by atoms with van der Waals surface area (Å²) in [5, 5.41) is 2.83. The van der Waals surface area contributed by atoms with Crippen molar-refractivity contribution in [3.63, 3.8) is 0 Å². The van der Waals surface area contributed by atoms with Gasteiger partial charge in [0.05, 0.1) is 23.9 Å². The van der Waals surface area contributed by atoms with Crippen LogP contribution in [-0.2, 0) is 18.8 Å². The molecule has 0 radical (unpaired) electrons. The zero-order valence-corrected chi connectivity index (χ0v) is 22.6. The van der Waals surface area contributed by atoms with E-state index < -0.39 is 30.4 Å². The molecule has 1 saturated heterocycles. The van der Waals surface area contributed by atoms with Crippen LogP contribution in [0.25, 0.3) is 11.1 Å². The van der Waals surface area contributed by atoms with E-state index >= 15 is 0 Å². The SMILES string of the molecule is COC(=O)c1cc(B2OC(C)(C)C(C)(C)O2)cc(NC(=O)OCC2c3ccccc3-c3ccccc32)c1C. The molecule has 1 aliphatic heterocycles. The number of rotatable bonds is 5. The Morgan fingerprint density at radius 3 is 2.03 bits per heavy atom. The number of methoxy groups -OCH3 is 1. The maximum absolute atomic E-state index is 13.0.